The summed E-state index contributed by atoms with van der Waals surface area (Å²) in [6.07, 6.45) is 0. The second-order valence-electron chi connectivity index (χ2n) is 11.0. The molecule has 1 aliphatic rings. The zero-order valence-electron chi connectivity index (χ0n) is 28.4. The highest BCUT2D eigenvalue weighted by molar-refractivity contribution is 6.19. The van der Waals surface area contributed by atoms with Crippen LogP contribution < -0.4 is 21.3 Å². The maximum absolute atomic E-state index is 13.6. The SMILES string of the molecule is COC(=O)c1nc(N)nc(C(=O)OC)c1C(=O)c1ccc(N2CCN(c3ccc(C(=O)c4c(C(=O)OC)nc(N)nc4C(=O)OC)cc3)CC2)cc1. The Morgan fingerprint density at radius 2 is 0.731 bits per heavy atom. The predicted molar refractivity (Wildman–Crippen MR) is 182 cm³/mol. The normalized spacial score (nSPS) is 12.5. The number of nitrogens with zero attached hydrogens (tertiary/aromatic N) is 6. The molecule has 0 unspecified atom stereocenters. The second-order valence-corrected chi connectivity index (χ2v) is 11.0. The number of esters is 4. The third-order valence-corrected chi connectivity index (χ3v) is 8.09. The van der Waals surface area contributed by atoms with Crippen LogP contribution in [0.2, 0.25) is 0 Å². The standard InChI is InChI=1S/C34H32N8O10/c1-49-29(45)23-21(24(30(46)50-2)38-33(35)37-23)27(43)17-5-9-19(10-6-17)41-13-15-42(16-14-41)20-11-7-18(8-12-20)28(44)22-25(31(47)51-3)39-34(36)40-26(22)32(48)52-4/h5-12H,13-16H2,1-4H3,(H2,35,37,38)(H2,36,39,40). The van der Waals surface area contributed by atoms with E-state index in [0.717, 1.165) is 39.8 Å². The van der Waals surface area contributed by atoms with Gasteiger partial charge in [0, 0.05) is 48.7 Å². The van der Waals surface area contributed by atoms with Crippen molar-refractivity contribution in [1.29, 1.82) is 0 Å². The maximum Gasteiger partial charge on any atom is 0.357 e. The van der Waals surface area contributed by atoms with Crippen LogP contribution in [0.1, 0.15) is 73.8 Å². The Balaban J connectivity index is 1.30. The van der Waals surface area contributed by atoms with Gasteiger partial charge in [-0.25, -0.2) is 39.1 Å². The van der Waals surface area contributed by atoms with Crippen LogP contribution in [0, 0.1) is 0 Å². The van der Waals surface area contributed by atoms with Crippen molar-refractivity contribution < 1.29 is 47.7 Å². The minimum absolute atomic E-state index is 0.156. The molecular weight excluding hydrogens is 680 g/mol. The van der Waals surface area contributed by atoms with Gasteiger partial charge in [0.2, 0.25) is 11.9 Å². The van der Waals surface area contributed by atoms with Crippen molar-refractivity contribution in [3.63, 3.8) is 0 Å². The highest BCUT2D eigenvalue weighted by Gasteiger charge is 2.32. The Morgan fingerprint density at radius 1 is 0.481 bits per heavy atom. The van der Waals surface area contributed by atoms with E-state index in [0.29, 0.717) is 26.2 Å². The smallest absolute Gasteiger partial charge is 0.357 e. The molecule has 18 nitrogen and oxygen atoms in total. The van der Waals surface area contributed by atoms with E-state index >= 15 is 0 Å². The Morgan fingerprint density at radius 3 is 0.962 bits per heavy atom. The van der Waals surface area contributed by atoms with Gasteiger partial charge in [-0.2, -0.15) is 0 Å². The first-order valence-electron chi connectivity index (χ1n) is 15.4. The van der Waals surface area contributed by atoms with E-state index in [1.54, 1.807) is 48.5 Å². The Bertz CT molecular complexity index is 1860. The molecule has 2 aromatic heterocycles. The fourth-order valence-corrected chi connectivity index (χ4v) is 5.52. The molecule has 0 atom stereocenters. The summed E-state index contributed by atoms with van der Waals surface area (Å²) in [5, 5.41) is 0. The molecule has 5 rings (SSSR count). The van der Waals surface area contributed by atoms with Gasteiger partial charge in [-0.1, -0.05) is 0 Å². The average molecular weight is 713 g/mol. The van der Waals surface area contributed by atoms with Gasteiger partial charge in [0.15, 0.2) is 34.3 Å². The molecule has 52 heavy (non-hydrogen) atoms. The summed E-state index contributed by atoms with van der Waals surface area (Å²) >= 11 is 0. The number of ketones is 2. The van der Waals surface area contributed by atoms with Gasteiger partial charge >= 0.3 is 23.9 Å². The summed E-state index contributed by atoms with van der Waals surface area (Å²) in [7, 11) is 4.40. The Kier molecular flexibility index (Phi) is 10.7. The molecule has 0 amide bonds. The zero-order valence-corrected chi connectivity index (χ0v) is 28.4. The highest BCUT2D eigenvalue weighted by Crippen LogP contribution is 2.26. The number of ether oxygens (including phenoxy) is 4. The Hall–Kier alpha value is -6.98. The highest BCUT2D eigenvalue weighted by atomic mass is 16.5. The van der Waals surface area contributed by atoms with Gasteiger partial charge in [0.25, 0.3) is 0 Å². The van der Waals surface area contributed by atoms with Gasteiger partial charge in [-0.05, 0) is 48.5 Å². The van der Waals surface area contributed by atoms with Crippen LogP contribution in [-0.4, -0.2) is 110 Å². The number of anilines is 4. The van der Waals surface area contributed by atoms with E-state index < -0.39 is 81.2 Å². The van der Waals surface area contributed by atoms with E-state index in [2.05, 4.69) is 29.7 Å². The van der Waals surface area contributed by atoms with Crippen LogP contribution >= 0.6 is 0 Å². The van der Waals surface area contributed by atoms with Crippen molar-refractivity contribution in [3.05, 3.63) is 93.6 Å². The van der Waals surface area contributed by atoms with Crippen LogP contribution in [0.25, 0.3) is 0 Å². The topological polar surface area (TPSA) is 249 Å². The molecule has 0 saturated carbocycles. The van der Waals surface area contributed by atoms with Crippen molar-refractivity contribution in [2.45, 2.75) is 0 Å². The molecule has 268 valence electrons. The lowest BCUT2D eigenvalue weighted by Gasteiger charge is -2.37. The van der Waals surface area contributed by atoms with E-state index in [1.165, 1.54) is 0 Å². The largest absolute Gasteiger partial charge is 0.464 e. The maximum atomic E-state index is 13.6. The van der Waals surface area contributed by atoms with Crippen LogP contribution in [0.3, 0.4) is 0 Å². The number of methoxy groups -OCH3 is 4. The summed E-state index contributed by atoms with van der Waals surface area (Å²) in [6.45, 7) is 2.41. The molecule has 1 saturated heterocycles. The fourth-order valence-electron chi connectivity index (χ4n) is 5.52. The molecule has 3 heterocycles. The molecule has 1 fully saturated rings. The third-order valence-electron chi connectivity index (χ3n) is 8.09. The first-order valence-corrected chi connectivity index (χ1v) is 15.4. The van der Waals surface area contributed by atoms with Gasteiger partial charge in [-0.3, -0.25) is 9.59 Å². The van der Waals surface area contributed by atoms with Crippen LogP contribution in [0.15, 0.2) is 48.5 Å². The predicted octanol–water partition coefficient (Wildman–Crippen LogP) is 1.37. The average Bonchev–Trinajstić information content (AvgIpc) is 3.18. The minimum atomic E-state index is -0.977. The number of aromatic nitrogens is 4. The van der Waals surface area contributed by atoms with Gasteiger partial charge in [0.05, 0.1) is 39.6 Å². The number of piperazine rings is 1. The number of hydrogen-bond acceptors (Lipinski definition) is 18. The van der Waals surface area contributed by atoms with E-state index in [1.807, 2.05) is 0 Å². The van der Waals surface area contributed by atoms with Gasteiger partial charge in [-0.15, -0.1) is 0 Å². The van der Waals surface area contributed by atoms with Gasteiger partial charge < -0.3 is 40.2 Å². The molecule has 4 N–H and O–H groups in total. The van der Waals surface area contributed by atoms with Crippen molar-refractivity contribution in [3.8, 4) is 0 Å². The zero-order chi connectivity index (χ0) is 37.7. The Labute approximate surface area is 295 Å². The fraction of sp³-hybridized carbons (Fsp3) is 0.235. The molecule has 0 bridgehead atoms. The summed E-state index contributed by atoms with van der Waals surface area (Å²) in [6, 6.07) is 13.2. The van der Waals surface area contributed by atoms with E-state index in [4.69, 9.17) is 30.4 Å². The lowest BCUT2D eigenvalue weighted by Crippen LogP contribution is -2.46. The van der Waals surface area contributed by atoms with Crippen molar-refractivity contribution in [2.75, 3.05) is 75.9 Å². The molecule has 0 spiro atoms. The number of benzene rings is 2. The molecule has 0 radical (unpaired) electrons. The summed E-state index contributed by atoms with van der Waals surface area (Å²) in [5.74, 6) is -6.13. The van der Waals surface area contributed by atoms with Crippen molar-refractivity contribution in [2.24, 2.45) is 0 Å². The monoisotopic (exact) mass is 712 g/mol. The van der Waals surface area contributed by atoms with Crippen LogP contribution in [0.4, 0.5) is 23.3 Å². The number of carbonyl (C=O) groups is 6. The number of nitrogens with two attached hydrogens (primary N) is 2. The summed E-state index contributed by atoms with van der Waals surface area (Å²) in [4.78, 5) is 96.5. The van der Waals surface area contributed by atoms with Crippen LogP contribution in [-0.2, 0) is 18.9 Å². The third kappa shape index (κ3) is 7.16. The number of rotatable bonds is 10. The first kappa shape index (κ1) is 36.3. The quantitative estimate of drug-likeness (QED) is 0.134. The lowest BCUT2D eigenvalue weighted by atomic mass is 9.99. The minimum Gasteiger partial charge on any atom is -0.464 e. The molecule has 2 aromatic carbocycles. The van der Waals surface area contributed by atoms with Crippen molar-refractivity contribution in [1.82, 2.24) is 19.9 Å². The second kappa shape index (κ2) is 15.3. The van der Waals surface area contributed by atoms with Gasteiger partial charge in [0.1, 0.15) is 0 Å². The molecule has 1 aliphatic heterocycles. The molecular formula is C34H32N8O10. The first-order chi connectivity index (χ1) is 24.9. The lowest BCUT2D eigenvalue weighted by molar-refractivity contribution is 0.0569. The van der Waals surface area contributed by atoms with E-state index in [9.17, 15) is 28.8 Å². The molecule has 18 heteroatoms. The number of hydrogen-bond donors (Lipinski definition) is 2. The van der Waals surface area contributed by atoms with Crippen LogP contribution in [0.5, 0.6) is 0 Å². The summed E-state index contributed by atoms with van der Waals surface area (Å²) < 4.78 is 19.0. The number of carbonyl (C=O) groups excluding carboxylic acids is 6. The number of nitrogen functional groups attached to an aromatic ring is 2. The molecule has 0 aliphatic carbocycles. The van der Waals surface area contributed by atoms with Crippen molar-refractivity contribution >= 4 is 58.7 Å². The van der Waals surface area contributed by atoms with E-state index in [-0.39, 0.29) is 11.1 Å². The molecule has 4 aromatic rings. The summed E-state index contributed by atoms with van der Waals surface area (Å²) in [5.41, 5.74) is 10.7.